The molecule has 1 heterocycles. The lowest BCUT2D eigenvalue weighted by atomic mass is 10.3. The Hall–Kier alpha value is -0.780. The van der Waals surface area contributed by atoms with E-state index in [1.807, 2.05) is 30.4 Å². The van der Waals surface area contributed by atoms with Gasteiger partial charge in [-0.2, -0.15) is 5.26 Å². The molecular weight excluding hydrogens is 178 g/mol. The Morgan fingerprint density at radius 1 is 1.64 bits per heavy atom. The van der Waals surface area contributed by atoms with Crippen LogP contribution in [0.4, 0.5) is 0 Å². The molecule has 0 atom stereocenters. The van der Waals surface area contributed by atoms with Crippen molar-refractivity contribution in [1.29, 1.82) is 5.26 Å². The Labute approximate surface area is 74.5 Å². The molecule has 0 bridgehead atoms. The van der Waals surface area contributed by atoms with E-state index in [1.54, 1.807) is 0 Å². The Balaban J connectivity index is 2.58. The number of rotatable bonds is 2. The Kier molecular flexibility index (Phi) is 3.15. The predicted octanol–water partition coefficient (Wildman–Crippen LogP) is 3.33. The van der Waals surface area contributed by atoms with Crippen molar-refractivity contribution in [2.45, 2.75) is 6.42 Å². The lowest BCUT2D eigenvalue weighted by Gasteiger charge is -1.78. The van der Waals surface area contributed by atoms with Gasteiger partial charge in [-0.3, -0.25) is 0 Å². The molecule has 0 fully saturated rings. The molecule has 0 aliphatic heterocycles. The second-order valence-electron chi connectivity index (χ2n) is 1.91. The van der Waals surface area contributed by atoms with Crippen LogP contribution in [0.2, 0.25) is 4.34 Å². The molecule has 1 aromatic heterocycles. The van der Waals surface area contributed by atoms with E-state index in [2.05, 4.69) is 0 Å². The van der Waals surface area contributed by atoms with Crippen molar-refractivity contribution in [3.05, 3.63) is 27.4 Å². The van der Waals surface area contributed by atoms with E-state index in [0.717, 1.165) is 9.21 Å². The van der Waals surface area contributed by atoms with Crippen LogP contribution in [0, 0.1) is 11.3 Å². The highest BCUT2D eigenvalue weighted by atomic mass is 35.5. The first kappa shape index (κ1) is 8.32. The average molecular weight is 184 g/mol. The third-order valence-electron chi connectivity index (χ3n) is 1.09. The monoisotopic (exact) mass is 183 g/mol. The van der Waals surface area contributed by atoms with E-state index in [0.29, 0.717) is 6.42 Å². The number of nitriles is 1. The van der Waals surface area contributed by atoms with E-state index in [4.69, 9.17) is 16.9 Å². The quantitative estimate of drug-likeness (QED) is 0.690. The van der Waals surface area contributed by atoms with E-state index in [9.17, 15) is 0 Å². The summed E-state index contributed by atoms with van der Waals surface area (Å²) in [5, 5.41) is 8.23. The summed E-state index contributed by atoms with van der Waals surface area (Å²) in [7, 11) is 0. The van der Waals surface area contributed by atoms with Crippen molar-refractivity contribution >= 4 is 29.0 Å². The van der Waals surface area contributed by atoms with Gasteiger partial charge >= 0.3 is 0 Å². The zero-order valence-electron chi connectivity index (χ0n) is 5.75. The van der Waals surface area contributed by atoms with Crippen LogP contribution in [-0.2, 0) is 0 Å². The highest BCUT2D eigenvalue weighted by molar-refractivity contribution is 7.16. The summed E-state index contributed by atoms with van der Waals surface area (Å²) >= 11 is 7.20. The maximum atomic E-state index is 8.23. The summed E-state index contributed by atoms with van der Waals surface area (Å²) in [5.41, 5.74) is 0. The van der Waals surface area contributed by atoms with Crippen molar-refractivity contribution in [2.24, 2.45) is 0 Å². The normalized spacial score (nSPS) is 10.2. The first-order valence-corrected chi connectivity index (χ1v) is 4.31. The van der Waals surface area contributed by atoms with Gasteiger partial charge in [-0.25, -0.2) is 0 Å². The Morgan fingerprint density at radius 3 is 3.00 bits per heavy atom. The molecule has 0 N–H and O–H groups in total. The van der Waals surface area contributed by atoms with Crippen LogP contribution in [0.1, 0.15) is 11.3 Å². The molecule has 0 saturated heterocycles. The van der Waals surface area contributed by atoms with Crippen molar-refractivity contribution in [2.75, 3.05) is 0 Å². The topological polar surface area (TPSA) is 23.8 Å². The third-order valence-corrected chi connectivity index (χ3v) is 2.28. The van der Waals surface area contributed by atoms with Crippen molar-refractivity contribution in [3.8, 4) is 6.07 Å². The molecule has 3 heteroatoms. The number of nitrogens with zero attached hydrogens (tertiary/aromatic N) is 1. The third kappa shape index (κ3) is 2.75. The molecule has 0 aromatic carbocycles. The molecule has 0 radical (unpaired) electrons. The minimum atomic E-state index is 0.454. The molecule has 1 rings (SSSR count). The summed E-state index contributed by atoms with van der Waals surface area (Å²) in [5.74, 6) is 0. The SMILES string of the molecule is N#CCC=Cc1ccc(Cl)s1. The number of thiophene rings is 1. The minimum Gasteiger partial charge on any atom is -0.198 e. The molecule has 1 nitrogen and oxygen atoms in total. The van der Waals surface area contributed by atoms with E-state index in [1.165, 1.54) is 11.3 Å². The summed E-state index contributed by atoms with van der Waals surface area (Å²) in [4.78, 5) is 1.09. The van der Waals surface area contributed by atoms with Crippen molar-refractivity contribution in [1.82, 2.24) is 0 Å². The van der Waals surface area contributed by atoms with Crippen LogP contribution >= 0.6 is 22.9 Å². The molecule has 0 spiro atoms. The van der Waals surface area contributed by atoms with Crippen molar-refractivity contribution in [3.63, 3.8) is 0 Å². The molecule has 0 aliphatic rings. The van der Waals surface area contributed by atoms with Crippen LogP contribution in [-0.4, -0.2) is 0 Å². The lowest BCUT2D eigenvalue weighted by Crippen LogP contribution is -1.57. The van der Waals surface area contributed by atoms with Gasteiger partial charge in [0.1, 0.15) is 0 Å². The zero-order chi connectivity index (χ0) is 8.10. The average Bonchev–Trinajstić information content (AvgIpc) is 2.37. The number of hydrogen-bond acceptors (Lipinski definition) is 2. The second kappa shape index (κ2) is 4.17. The fourth-order valence-corrected chi connectivity index (χ4v) is 1.64. The standard InChI is InChI=1S/C8H6ClNS/c9-8-5-4-7(11-8)3-1-2-6-10/h1,3-5H,2H2. The summed E-state index contributed by atoms with van der Waals surface area (Å²) in [6.07, 6.45) is 4.18. The van der Waals surface area contributed by atoms with Gasteiger partial charge in [0.05, 0.1) is 16.8 Å². The molecule has 1 aromatic rings. The van der Waals surface area contributed by atoms with Crippen LogP contribution in [0.5, 0.6) is 0 Å². The molecule has 0 aliphatic carbocycles. The van der Waals surface area contributed by atoms with Crippen molar-refractivity contribution < 1.29 is 0 Å². The summed E-state index contributed by atoms with van der Waals surface area (Å²) in [6.45, 7) is 0. The predicted molar refractivity (Wildman–Crippen MR) is 48.6 cm³/mol. The number of halogens is 1. The van der Waals surface area contributed by atoms with Crippen LogP contribution in [0.25, 0.3) is 6.08 Å². The first-order valence-electron chi connectivity index (χ1n) is 3.12. The fraction of sp³-hybridized carbons (Fsp3) is 0.125. The van der Waals surface area contributed by atoms with Gasteiger partial charge in [0.2, 0.25) is 0 Å². The van der Waals surface area contributed by atoms with Gasteiger partial charge in [0, 0.05) is 4.88 Å². The molecule has 11 heavy (non-hydrogen) atoms. The highest BCUT2D eigenvalue weighted by Crippen LogP contribution is 2.22. The highest BCUT2D eigenvalue weighted by Gasteiger charge is 1.90. The van der Waals surface area contributed by atoms with Crippen LogP contribution in [0.3, 0.4) is 0 Å². The summed E-state index contributed by atoms with van der Waals surface area (Å²) in [6, 6.07) is 5.81. The maximum absolute atomic E-state index is 8.23. The Morgan fingerprint density at radius 2 is 2.45 bits per heavy atom. The first-order chi connectivity index (χ1) is 5.33. The fourth-order valence-electron chi connectivity index (χ4n) is 0.646. The van der Waals surface area contributed by atoms with Gasteiger partial charge in [-0.15, -0.1) is 11.3 Å². The van der Waals surface area contributed by atoms with E-state index in [-0.39, 0.29) is 0 Å². The number of allylic oxidation sites excluding steroid dienone is 1. The second-order valence-corrected chi connectivity index (χ2v) is 3.65. The van der Waals surface area contributed by atoms with Gasteiger partial charge in [-0.1, -0.05) is 17.7 Å². The van der Waals surface area contributed by atoms with Crippen LogP contribution in [0.15, 0.2) is 18.2 Å². The Bertz CT molecular complexity index is 295. The van der Waals surface area contributed by atoms with Gasteiger partial charge in [0.15, 0.2) is 0 Å². The van der Waals surface area contributed by atoms with Gasteiger partial charge in [-0.05, 0) is 18.2 Å². The van der Waals surface area contributed by atoms with E-state index >= 15 is 0 Å². The summed E-state index contributed by atoms with van der Waals surface area (Å²) < 4.78 is 0.779. The maximum Gasteiger partial charge on any atom is 0.0934 e. The molecule has 0 saturated carbocycles. The largest absolute Gasteiger partial charge is 0.198 e. The van der Waals surface area contributed by atoms with Gasteiger partial charge < -0.3 is 0 Å². The smallest absolute Gasteiger partial charge is 0.0934 e. The molecule has 0 amide bonds. The lowest BCUT2D eigenvalue weighted by molar-refractivity contribution is 1.36. The minimum absolute atomic E-state index is 0.454. The van der Waals surface area contributed by atoms with Crippen LogP contribution < -0.4 is 0 Å². The number of hydrogen-bond donors (Lipinski definition) is 0. The van der Waals surface area contributed by atoms with E-state index < -0.39 is 0 Å². The zero-order valence-corrected chi connectivity index (χ0v) is 7.32. The molecule has 56 valence electrons. The molecule has 0 unspecified atom stereocenters. The van der Waals surface area contributed by atoms with Gasteiger partial charge in [0.25, 0.3) is 0 Å². The molecular formula is C8H6ClNS.